The SMILES string of the molecule is CC(C)(C)c1cc(-c2cc(-c3ccc(-c4ccc(C#N)cc4)c(-c4cc(-c5cccc6c5N(c5ccccc5)C5C=CC=CC65)ccn4)c3)nc(-c3ccccc3O)c2)cc(C(C)(C)C)c1. The lowest BCUT2D eigenvalue weighted by atomic mass is 9.79. The number of aromatic nitrogens is 2. The Morgan fingerprint density at radius 2 is 1.18 bits per heavy atom. The number of rotatable bonds is 7. The van der Waals surface area contributed by atoms with Crippen LogP contribution in [0.1, 0.15) is 69.7 Å². The third kappa shape index (κ3) is 7.90. The summed E-state index contributed by atoms with van der Waals surface area (Å²) in [5.74, 6) is 0.405. The molecule has 1 aliphatic carbocycles. The van der Waals surface area contributed by atoms with Crippen molar-refractivity contribution in [3.05, 3.63) is 210 Å². The van der Waals surface area contributed by atoms with Crippen LogP contribution in [0.25, 0.3) is 67.2 Å². The number of aromatic hydroxyl groups is 1. The van der Waals surface area contributed by atoms with Crippen LogP contribution in [0.3, 0.4) is 0 Å². The van der Waals surface area contributed by atoms with Gasteiger partial charge in [0.25, 0.3) is 0 Å². The Morgan fingerprint density at radius 1 is 0.530 bits per heavy atom. The van der Waals surface area contributed by atoms with Crippen LogP contribution in [0.2, 0.25) is 0 Å². The van der Waals surface area contributed by atoms with E-state index in [9.17, 15) is 10.4 Å². The topological polar surface area (TPSA) is 73.0 Å². The molecule has 2 unspecified atom stereocenters. The van der Waals surface area contributed by atoms with Crippen LogP contribution in [0.5, 0.6) is 5.75 Å². The van der Waals surface area contributed by atoms with Gasteiger partial charge >= 0.3 is 0 Å². The number of pyridine rings is 2. The highest BCUT2D eigenvalue weighted by Gasteiger charge is 2.39. The van der Waals surface area contributed by atoms with E-state index < -0.39 is 0 Å². The maximum atomic E-state index is 11.2. The molecule has 0 amide bonds. The summed E-state index contributed by atoms with van der Waals surface area (Å²) < 4.78 is 0. The number of hydrogen-bond donors (Lipinski definition) is 1. The zero-order valence-electron chi connectivity index (χ0n) is 38.3. The highest BCUT2D eigenvalue weighted by atomic mass is 16.3. The van der Waals surface area contributed by atoms with Gasteiger partial charge in [-0.05, 0) is 122 Å². The van der Waals surface area contributed by atoms with Crippen molar-refractivity contribution in [3.8, 4) is 79.0 Å². The average Bonchev–Trinajstić information content (AvgIpc) is 3.68. The van der Waals surface area contributed by atoms with E-state index in [-0.39, 0.29) is 28.5 Å². The van der Waals surface area contributed by atoms with Crippen molar-refractivity contribution in [1.29, 1.82) is 5.26 Å². The van der Waals surface area contributed by atoms with E-state index in [0.717, 1.165) is 61.6 Å². The minimum atomic E-state index is -0.0733. The summed E-state index contributed by atoms with van der Waals surface area (Å²) in [5, 5.41) is 20.9. The zero-order chi connectivity index (χ0) is 45.7. The fourth-order valence-electron chi connectivity index (χ4n) is 9.47. The first-order valence-corrected chi connectivity index (χ1v) is 22.7. The zero-order valence-corrected chi connectivity index (χ0v) is 38.3. The number of nitriles is 1. The number of fused-ring (bicyclic) bond motifs is 3. The summed E-state index contributed by atoms with van der Waals surface area (Å²) in [7, 11) is 0. The standard InChI is InChI=1S/C61H52N4O/c1-60(2,3)45-31-43(32-46(37-45)61(4,5)6)44-35-54(64-56(36-44)52-18-11-13-22-58(52)66)42-27-28-48(40-25-23-39(38-62)24-26-40)53(33-42)55-34-41(29-30-63-55)49-19-14-20-51-50-17-10-12-21-57(50)65(59(49)51)47-15-8-7-9-16-47/h7-37,50,57,66H,1-6H3. The third-order valence-electron chi connectivity index (χ3n) is 13.1. The molecule has 6 aromatic carbocycles. The van der Waals surface area contributed by atoms with Crippen molar-refractivity contribution in [3.63, 3.8) is 0 Å². The molecule has 0 saturated heterocycles. The van der Waals surface area contributed by atoms with Crippen LogP contribution in [0.4, 0.5) is 11.4 Å². The van der Waals surface area contributed by atoms with Gasteiger partial charge in [-0.15, -0.1) is 0 Å². The maximum absolute atomic E-state index is 11.2. The number of phenolic OH excluding ortho intramolecular Hbond substituents is 1. The van der Waals surface area contributed by atoms with Crippen LogP contribution in [0.15, 0.2) is 188 Å². The highest BCUT2D eigenvalue weighted by molar-refractivity contribution is 5.92. The molecular formula is C61H52N4O. The second-order valence-electron chi connectivity index (χ2n) is 19.6. The maximum Gasteiger partial charge on any atom is 0.124 e. The fourth-order valence-corrected chi connectivity index (χ4v) is 9.47. The lowest BCUT2D eigenvalue weighted by molar-refractivity contribution is 0.477. The van der Waals surface area contributed by atoms with E-state index in [1.54, 1.807) is 6.07 Å². The smallest absolute Gasteiger partial charge is 0.124 e. The number of benzene rings is 6. The van der Waals surface area contributed by atoms with Gasteiger partial charge < -0.3 is 10.0 Å². The number of hydrogen-bond acceptors (Lipinski definition) is 5. The Bertz CT molecular complexity index is 3220. The van der Waals surface area contributed by atoms with Gasteiger partial charge in [-0.25, -0.2) is 4.98 Å². The molecule has 5 heteroatoms. The molecule has 3 heterocycles. The lowest BCUT2D eigenvalue weighted by Crippen LogP contribution is -2.28. The minimum absolute atomic E-state index is 0.0733. The van der Waals surface area contributed by atoms with Crippen LogP contribution in [0, 0.1) is 11.3 Å². The van der Waals surface area contributed by atoms with Gasteiger partial charge in [-0.3, -0.25) is 4.98 Å². The second-order valence-corrected chi connectivity index (χ2v) is 19.6. The summed E-state index contributed by atoms with van der Waals surface area (Å²) in [6.45, 7) is 13.6. The van der Waals surface area contributed by atoms with Crippen molar-refractivity contribution in [2.45, 2.75) is 64.3 Å². The minimum Gasteiger partial charge on any atom is -0.507 e. The molecule has 0 saturated carbocycles. The summed E-state index contributed by atoms with van der Waals surface area (Å²) in [6, 6.07) is 57.0. The van der Waals surface area contributed by atoms with Gasteiger partial charge in [0.1, 0.15) is 5.75 Å². The van der Waals surface area contributed by atoms with E-state index in [2.05, 4.69) is 186 Å². The molecule has 0 radical (unpaired) electrons. The summed E-state index contributed by atoms with van der Waals surface area (Å²) >= 11 is 0. The number of anilines is 2. The molecule has 1 aliphatic heterocycles. The molecule has 2 aromatic heterocycles. The Morgan fingerprint density at radius 3 is 1.91 bits per heavy atom. The molecule has 5 nitrogen and oxygen atoms in total. The Balaban J connectivity index is 1.17. The monoisotopic (exact) mass is 856 g/mol. The Labute approximate surface area is 388 Å². The Hall–Kier alpha value is -7.81. The van der Waals surface area contributed by atoms with Crippen LogP contribution < -0.4 is 4.90 Å². The number of para-hydroxylation sites is 3. The molecule has 0 bridgehead atoms. The van der Waals surface area contributed by atoms with Crippen LogP contribution in [-0.2, 0) is 10.8 Å². The molecule has 2 aliphatic rings. The van der Waals surface area contributed by atoms with Gasteiger partial charge in [-0.1, -0.05) is 157 Å². The van der Waals surface area contributed by atoms with E-state index in [0.29, 0.717) is 16.8 Å². The van der Waals surface area contributed by atoms with E-state index >= 15 is 0 Å². The summed E-state index contributed by atoms with van der Waals surface area (Å²) in [6.07, 6.45) is 10.9. The Kier molecular flexibility index (Phi) is 10.6. The summed E-state index contributed by atoms with van der Waals surface area (Å²) in [4.78, 5) is 12.9. The van der Waals surface area contributed by atoms with Crippen molar-refractivity contribution in [2.24, 2.45) is 0 Å². The lowest BCUT2D eigenvalue weighted by Gasteiger charge is -2.29. The largest absolute Gasteiger partial charge is 0.507 e. The van der Waals surface area contributed by atoms with E-state index in [1.165, 1.54) is 22.4 Å². The third-order valence-corrected chi connectivity index (χ3v) is 13.1. The molecule has 322 valence electrons. The van der Waals surface area contributed by atoms with Crippen LogP contribution in [-0.4, -0.2) is 21.1 Å². The first kappa shape index (κ1) is 42.2. The first-order chi connectivity index (χ1) is 31.8. The van der Waals surface area contributed by atoms with Crippen molar-refractivity contribution in [1.82, 2.24) is 9.97 Å². The van der Waals surface area contributed by atoms with Crippen molar-refractivity contribution < 1.29 is 5.11 Å². The van der Waals surface area contributed by atoms with Gasteiger partial charge in [0.2, 0.25) is 0 Å². The number of nitrogens with zero attached hydrogens (tertiary/aromatic N) is 4. The van der Waals surface area contributed by atoms with Gasteiger partial charge in [0.05, 0.1) is 40.4 Å². The van der Waals surface area contributed by atoms with Crippen LogP contribution >= 0.6 is 0 Å². The predicted octanol–water partition coefficient (Wildman–Crippen LogP) is 15.4. The molecule has 1 N–H and O–H groups in total. The molecule has 10 rings (SSSR count). The molecule has 0 spiro atoms. The molecular weight excluding hydrogens is 805 g/mol. The highest BCUT2D eigenvalue weighted by Crippen LogP contribution is 2.52. The van der Waals surface area contributed by atoms with Crippen molar-refractivity contribution in [2.75, 3.05) is 4.90 Å². The normalized spacial score (nSPS) is 15.3. The predicted molar refractivity (Wildman–Crippen MR) is 272 cm³/mol. The molecule has 0 fully saturated rings. The second kappa shape index (κ2) is 16.6. The molecule has 66 heavy (non-hydrogen) atoms. The van der Waals surface area contributed by atoms with Gasteiger partial charge in [0, 0.05) is 40.1 Å². The first-order valence-electron chi connectivity index (χ1n) is 22.7. The van der Waals surface area contributed by atoms with Gasteiger partial charge in [-0.2, -0.15) is 5.26 Å². The number of allylic oxidation sites excluding steroid dienone is 2. The average molecular weight is 857 g/mol. The quantitative estimate of drug-likeness (QED) is 0.173. The summed E-state index contributed by atoms with van der Waals surface area (Å²) in [5.41, 5.74) is 17.7. The molecule has 2 atom stereocenters. The van der Waals surface area contributed by atoms with E-state index in [1.807, 2.05) is 48.7 Å². The molecule has 8 aromatic rings. The number of phenols is 1. The van der Waals surface area contributed by atoms with Gasteiger partial charge in [0.15, 0.2) is 0 Å². The van der Waals surface area contributed by atoms with E-state index in [4.69, 9.17) is 9.97 Å². The fraction of sp³-hybridized carbons (Fsp3) is 0.164. The van der Waals surface area contributed by atoms with Crippen molar-refractivity contribution >= 4 is 11.4 Å².